The number of ether oxygens (including phenoxy) is 1. The third kappa shape index (κ3) is 5.18. The molecule has 2 aromatic rings. The number of hydrogen-bond acceptors (Lipinski definition) is 3. The van der Waals surface area contributed by atoms with E-state index < -0.39 is 0 Å². The molecule has 2 aromatic carbocycles. The lowest BCUT2D eigenvalue weighted by molar-refractivity contribution is 0.306. The molecule has 0 radical (unpaired) electrons. The van der Waals surface area contributed by atoms with Crippen LogP contribution < -0.4 is 15.5 Å². The van der Waals surface area contributed by atoms with Crippen molar-refractivity contribution in [2.45, 2.75) is 13.5 Å². The first-order chi connectivity index (χ1) is 10.7. The molecule has 0 atom stereocenters. The lowest BCUT2D eigenvalue weighted by Crippen LogP contribution is -2.28. The summed E-state index contributed by atoms with van der Waals surface area (Å²) in [7, 11) is 1.74. The van der Waals surface area contributed by atoms with Crippen LogP contribution in [0.5, 0.6) is 5.75 Å². The third-order valence-electron chi connectivity index (χ3n) is 2.99. The summed E-state index contributed by atoms with van der Waals surface area (Å²) in [5.74, 6) is 0.806. The average molecular weight is 313 g/mol. The summed E-state index contributed by atoms with van der Waals surface area (Å²) < 4.78 is 5.80. The van der Waals surface area contributed by atoms with E-state index in [2.05, 4.69) is 47.0 Å². The van der Waals surface area contributed by atoms with Gasteiger partial charge in [-0.15, -0.1) is 0 Å². The van der Waals surface area contributed by atoms with Gasteiger partial charge in [-0.25, -0.2) is 0 Å². The number of thiocarbonyl (C=S) groups is 1. The molecule has 0 amide bonds. The molecule has 0 aliphatic heterocycles. The van der Waals surface area contributed by atoms with Gasteiger partial charge >= 0.3 is 0 Å². The van der Waals surface area contributed by atoms with Crippen molar-refractivity contribution in [1.82, 2.24) is 10.7 Å². The van der Waals surface area contributed by atoms with Gasteiger partial charge in [0.05, 0.1) is 6.21 Å². The highest BCUT2D eigenvalue weighted by atomic mass is 32.1. The van der Waals surface area contributed by atoms with Crippen molar-refractivity contribution in [3.8, 4) is 5.75 Å². The molecule has 2 N–H and O–H groups in total. The first-order valence-electron chi connectivity index (χ1n) is 6.96. The summed E-state index contributed by atoms with van der Waals surface area (Å²) in [4.78, 5) is 0. The third-order valence-corrected chi connectivity index (χ3v) is 3.29. The fourth-order valence-electron chi connectivity index (χ4n) is 1.76. The van der Waals surface area contributed by atoms with Gasteiger partial charge in [-0.2, -0.15) is 5.10 Å². The van der Waals surface area contributed by atoms with Crippen molar-refractivity contribution in [3.63, 3.8) is 0 Å². The smallest absolute Gasteiger partial charge is 0.186 e. The number of aryl methyl sites for hydroxylation is 1. The van der Waals surface area contributed by atoms with E-state index in [9.17, 15) is 0 Å². The van der Waals surface area contributed by atoms with Crippen LogP contribution in [0.1, 0.15) is 16.7 Å². The van der Waals surface area contributed by atoms with Crippen molar-refractivity contribution in [2.75, 3.05) is 7.05 Å². The molecule has 0 heterocycles. The van der Waals surface area contributed by atoms with Gasteiger partial charge in [-0.3, -0.25) is 5.43 Å². The highest BCUT2D eigenvalue weighted by Gasteiger charge is 1.97. The second kappa shape index (κ2) is 8.14. The van der Waals surface area contributed by atoms with Crippen LogP contribution in [0, 0.1) is 6.92 Å². The molecular weight excluding hydrogens is 294 g/mol. The molecule has 2 rings (SSSR count). The second-order valence-electron chi connectivity index (χ2n) is 4.80. The van der Waals surface area contributed by atoms with E-state index in [1.54, 1.807) is 13.3 Å². The van der Waals surface area contributed by atoms with E-state index in [4.69, 9.17) is 17.0 Å². The maximum atomic E-state index is 5.80. The predicted octanol–water partition coefficient (Wildman–Crippen LogP) is 3.00. The standard InChI is InChI=1S/C17H19N3OS/c1-13-6-8-14(9-7-13)12-21-16-5-3-4-15(10-16)11-19-20-17(22)18-2/h3-11H,12H2,1-2H3,(H2,18,20,22)/b19-11-. The molecule has 22 heavy (non-hydrogen) atoms. The van der Waals surface area contributed by atoms with Crippen LogP contribution in [0.2, 0.25) is 0 Å². The van der Waals surface area contributed by atoms with Crippen molar-refractivity contribution in [2.24, 2.45) is 5.10 Å². The van der Waals surface area contributed by atoms with E-state index in [1.807, 2.05) is 24.3 Å². The molecule has 0 spiro atoms. The lowest BCUT2D eigenvalue weighted by atomic mass is 10.2. The van der Waals surface area contributed by atoms with E-state index >= 15 is 0 Å². The zero-order valence-electron chi connectivity index (χ0n) is 12.7. The molecule has 0 aromatic heterocycles. The van der Waals surface area contributed by atoms with Crippen molar-refractivity contribution in [3.05, 3.63) is 65.2 Å². The minimum atomic E-state index is 0.475. The Labute approximate surface area is 136 Å². The van der Waals surface area contributed by atoms with Gasteiger partial charge in [-0.1, -0.05) is 42.0 Å². The zero-order valence-corrected chi connectivity index (χ0v) is 13.5. The van der Waals surface area contributed by atoms with Crippen molar-refractivity contribution in [1.29, 1.82) is 0 Å². The summed E-state index contributed by atoms with van der Waals surface area (Å²) in [5.41, 5.74) is 6.04. The molecule has 0 saturated heterocycles. The minimum absolute atomic E-state index is 0.475. The summed E-state index contributed by atoms with van der Waals surface area (Å²) in [6.45, 7) is 2.62. The van der Waals surface area contributed by atoms with Crippen LogP contribution >= 0.6 is 12.2 Å². The van der Waals surface area contributed by atoms with Crippen LogP contribution in [-0.4, -0.2) is 18.4 Å². The molecular formula is C17H19N3OS. The van der Waals surface area contributed by atoms with Crippen LogP contribution in [0.3, 0.4) is 0 Å². The molecule has 114 valence electrons. The molecule has 5 heteroatoms. The van der Waals surface area contributed by atoms with Gasteiger partial charge in [0.15, 0.2) is 5.11 Å². The molecule has 0 fully saturated rings. The Balaban J connectivity index is 1.93. The van der Waals surface area contributed by atoms with Crippen LogP contribution in [0.25, 0.3) is 0 Å². The lowest BCUT2D eigenvalue weighted by Gasteiger charge is -2.07. The normalized spacial score (nSPS) is 10.5. The Bertz CT molecular complexity index is 653. The molecule has 0 unspecified atom stereocenters. The van der Waals surface area contributed by atoms with Gasteiger partial charge < -0.3 is 10.1 Å². The maximum Gasteiger partial charge on any atom is 0.186 e. The first-order valence-corrected chi connectivity index (χ1v) is 7.37. The van der Waals surface area contributed by atoms with Gasteiger partial charge in [0.25, 0.3) is 0 Å². The summed E-state index contributed by atoms with van der Waals surface area (Å²) in [6, 6.07) is 16.1. The molecule has 0 saturated carbocycles. The second-order valence-corrected chi connectivity index (χ2v) is 5.20. The van der Waals surface area contributed by atoms with Crippen molar-refractivity contribution >= 4 is 23.5 Å². The van der Waals surface area contributed by atoms with E-state index in [0.29, 0.717) is 11.7 Å². The minimum Gasteiger partial charge on any atom is -0.489 e. The van der Waals surface area contributed by atoms with Gasteiger partial charge in [-0.05, 0) is 42.4 Å². The van der Waals surface area contributed by atoms with Crippen LogP contribution in [0.4, 0.5) is 0 Å². The van der Waals surface area contributed by atoms with Gasteiger partial charge in [0, 0.05) is 7.05 Å². The summed E-state index contributed by atoms with van der Waals surface area (Å²) in [6.07, 6.45) is 1.70. The zero-order chi connectivity index (χ0) is 15.8. The highest BCUT2D eigenvalue weighted by molar-refractivity contribution is 7.80. The molecule has 4 nitrogen and oxygen atoms in total. The van der Waals surface area contributed by atoms with E-state index in [1.165, 1.54) is 5.56 Å². The van der Waals surface area contributed by atoms with Crippen LogP contribution in [-0.2, 0) is 6.61 Å². The van der Waals surface area contributed by atoms with E-state index in [-0.39, 0.29) is 0 Å². The number of rotatable bonds is 5. The fraction of sp³-hybridized carbons (Fsp3) is 0.176. The Morgan fingerprint density at radius 2 is 2.00 bits per heavy atom. The molecule has 0 bridgehead atoms. The average Bonchev–Trinajstić information content (AvgIpc) is 2.54. The largest absolute Gasteiger partial charge is 0.489 e. The fourth-order valence-corrected chi connectivity index (χ4v) is 1.81. The number of hydrazone groups is 1. The maximum absolute atomic E-state index is 5.80. The SMILES string of the molecule is CNC(=S)N/N=C\c1cccc(OCc2ccc(C)cc2)c1. The van der Waals surface area contributed by atoms with Gasteiger partial charge in [0.1, 0.15) is 12.4 Å². The Morgan fingerprint density at radius 3 is 2.73 bits per heavy atom. The molecule has 0 aliphatic carbocycles. The number of nitrogens with one attached hydrogen (secondary N) is 2. The monoisotopic (exact) mass is 313 g/mol. The predicted molar refractivity (Wildman–Crippen MR) is 94.3 cm³/mol. The quantitative estimate of drug-likeness (QED) is 0.506. The number of hydrogen-bond donors (Lipinski definition) is 2. The van der Waals surface area contributed by atoms with E-state index in [0.717, 1.165) is 16.9 Å². The Hall–Kier alpha value is -2.40. The first kappa shape index (κ1) is 16.0. The number of benzene rings is 2. The molecule has 0 aliphatic rings. The summed E-state index contributed by atoms with van der Waals surface area (Å²) >= 11 is 4.94. The van der Waals surface area contributed by atoms with Crippen molar-refractivity contribution < 1.29 is 4.74 Å². The Morgan fingerprint density at radius 1 is 1.23 bits per heavy atom. The number of nitrogens with zero attached hydrogens (tertiary/aromatic N) is 1. The van der Waals surface area contributed by atoms with Gasteiger partial charge in [0.2, 0.25) is 0 Å². The van der Waals surface area contributed by atoms with Crippen LogP contribution in [0.15, 0.2) is 53.6 Å². The summed E-state index contributed by atoms with van der Waals surface area (Å²) in [5, 5.41) is 7.31. The highest BCUT2D eigenvalue weighted by Crippen LogP contribution is 2.14. The Kier molecular flexibility index (Phi) is 5.91. The topological polar surface area (TPSA) is 45.7 Å².